The highest BCUT2D eigenvalue weighted by atomic mass is 79.9. The lowest BCUT2D eigenvalue weighted by Crippen LogP contribution is -2.41. The van der Waals surface area contributed by atoms with Gasteiger partial charge in [-0.25, -0.2) is 4.79 Å². The number of carboxylic acid groups (broad SMARTS) is 1. The molecular weight excluding hydrogens is 336 g/mol. The van der Waals surface area contributed by atoms with E-state index in [1.54, 1.807) is 0 Å². The summed E-state index contributed by atoms with van der Waals surface area (Å²) in [5, 5.41) is 11.7. The standard InChI is InChI=1S/C15H21BrN2O3/c1-9(2)18(6-5-13(19)20)15(21)17-14-10(3)7-12(16)8-11(14)4/h7-9H,5-6H2,1-4H3,(H,17,21)(H,19,20). The van der Waals surface area contributed by atoms with Gasteiger partial charge in [0.2, 0.25) is 0 Å². The van der Waals surface area contributed by atoms with Crippen LogP contribution in [0, 0.1) is 13.8 Å². The van der Waals surface area contributed by atoms with Crippen molar-refractivity contribution < 1.29 is 14.7 Å². The number of hydrogen-bond donors (Lipinski definition) is 2. The molecule has 0 saturated carbocycles. The minimum absolute atomic E-state index is 0.0656. The maximum absolute atomic E-state index is 12.4. The molecule has 0 fully saturated rings. The van der Waals surface area contributed by atoms with Gasteiger partial charge in [0.1, 0.15) is 0 Å². The number of anilines is 1. The Bertz CT molecular complexity index is 521. The Labute approximate surface area is 133 Å². The highest BCUT2D eigenvalue weighted by Crippen LogP contribution is 2.25. The van der Waals surface area contributed by atoms with Crippen LogP contribution in [0.15, 0.2) is 16.6 Å². The first kappa shape index (κ1) is 17.5. The van der Waals surface area contributed by atoms with Crippen LogP contribution in [-0.4, -0.2) is 34.6 Å². The third-order valence-corrected chi connectivity index (χ3v) is 3.64. The first-order valence-electron chi connectivity index (χ1n) is 6.78. The van der Waals surface area contributed by atoms with Gasteiger partial charge in [0, 0.05) is 22.7 Å². The number of carbonyl (C=O) groups excluding carboxylic acids is 1. The van der Waals surface area contributed by atoms with Crippen molar-refractivity contribution >= 4 is 33.6 Å². The molecule has 0 unspecified atom stereocenters. The van der Waals surface area contributed by atoms with Gasteiger partial charge >= 0.3 is 12.0 Å². The predicted molar refractivity (Wildman–Crippen MR) is 86.7 cm³/mol. The normalized spacial score (nSPS) is 10.6. The van der Waals surface area contributed by atoms with Crippen LogP contribution in [0.2, 0.25) is 0 Å². The van der Waals surface area contributed by atoms with E-state index in [0.29, 0.717) is 0 Å². The second-order valence-electron chi connectivity index (χ2n) is 5.28. The van der Waals surface area contributed by atoms with Crippen LogP contribution < -0.4 is 5.32 Å². The van der Waals surface area contributed by atoms with E-state index in [9.17, 15) is 9.59 Å². The summed E-state index contributed by atoms with van der Waals surface area (Å²) in [7, 11) is 0. The summed E-state index contributed by atoms with van der Waals surface area (Å²) in [5.74, 6) is -0.913. The molecule has 0 aromatic heterocycles. The molecule has 2 amide bonds. The SMILES string of the molecule is Cc1cc(Br)cc(C)c1NC(=O)N(CCC(=O)O)C(C)C. The zero-order chi connectivity index (χ0) is 16.2. The lowest BCUT2D eigenvalue weighted by Gasteiger charge is -2.27. The maximum atomic E-state index is 12.4. The molecule has 0 heterocycles. The molecule has 2 N–H and O–H groups in total. The van der Waals surface area contributed by atoms with Crippen LogP contribution in [0.4, 0.5) is 10.5 Å². The number of nitrogens with zero attached hydrogens (tertiary/aromatic N) is 1. The molecule has 0 aliphatic rings. The Kier molecular flexibility index (Phi) is 6.20. The number of hydrogen-bond acceptors (Lipinski definition) is 2. The van der Waals surface area contributed by atoms with E-state index in [-0.39, 0.29) is 25.0 Å². The number of benzene rings is 1. The van der Waals surface area contributed by atoms with Gasteiger partial charge in [-0.05, 0) is 51.0 Å². The van der Waals surface area contributed by atoms with Gasteiger partial charge in [0.05, 0.1) is 6.42 Å². The first-order chi connectivity index (χ1) is 9.72. The van der Waals surface area contributed by atoms with Crippen LogP contribution in [0.25, 0.3) is 0 Å². The summed E-state index contributed by atoms with van der Waals surface area (Å²) in [6.45, 7) is 7.76. The van der Waals surface area contributed by atoms with Crippen molar-refractivity contribution in [3.8, 4) is 0 Å². The number of carbonyl (C=O) groups is 2. The molecule has 1 aromatic rings. The smallest absolute Gasteiger partial charge is 0.322 e. The van der Waals surface area contributed by atoms with E-state index in [0.717, 1.165) is 21.3 Å². The van der Waals surface area contributed by atoms with Crippen molar-refractivity contribution in [2.24, 2.45) is 0 Å². The van der Waals surface area contributed by atoms with Gasteiger partial charge in [-0.15, -0.1) is 0 Å². The van der Waals surface area contributed by atoms with Gasteiger partial charge in [0.15, 0.2) is 0 Å². The molecule has 0 radical (unpaired) electrons. The van der Waals surface area contributed by atoms with Gasteiger partial charge in [0.25, 0.3) is 0 Å². The van der Waals surface area contributed by atoms with Crippen LogP contribution >= 0.6 is 15.9 Å². The average molecular weight is 357 g/mol. The van der Waals surface area contributed by atoms with Gasteiger partial charge < -0.3 is 15.3 Å². The molecule has 6 heteroatoms. The van der Waals surface area contributed by atoms with Crippen molar-refractivity contribution in [2.75, 3.05) is 11.9 Å². The molecule has 0 aliphatic carbocycles. The lowest BCUT2D eigenvalue weighted by molar-refractivity contribution is -0.137. The Morgan fingerprint density at radius 3 is 2.24 bits per heavy atom. The zero-order valence-corrected chi connectivity index (χ0v) is 14.3. The summed E-state index contributed by atoms with van der Waals surface area (Å²) in [6, 6.07) is 3.51. The van der Waals surface area contributed by atoms with Crippen molar-refractivity contribution in [3.63, 3.8) is 0 Å². The fourth-order valence-corrected chi connectivity index (χ4v) is 2.78. The minimum Gasteiger partial charge on any atom is -0.481 e. The molecule has 21 heavy (non-hydrogen) atoms. The van der Waals surface area contributed by atoms with E-state index in [2.05, 4.69) is 21.2 Å². The molecule has 0 aliphatic heterocycles. The zero-order valence-electron chi connectivity index (χ0n) is 12.7. The van der Waals surface area contributed by atoms with Crippen molar-refractivity contribution in [2.45, 2.75) is 40.2 Å². The molecular formula is C15H21BrN2O3. The largest absolute Gasteiger partial charge is 0.481 e. The third-order valence-electron chi connectivity index (χ3n) is 3.18. The summed E-state index contributed by atoms with van der Waals surface area (Å²) < 4.78 is 0.960. The van der Waals surface area contributed by atoms with Crippen LogP contribution in [0.1, 0.15) is 31.4 Å². The quantitative estimate of drug-likeness (QED) is 0.843. The summed E-state index contributed by atoms with van der Waals surface area (Å²) in [6.07, 6.45) is -0.0656. The lowest BCUT2D eigenvalue weighted by atomic mass is 10.1. The highest BCUT2D eigenvalue weighted by molar-refractivity contribution is 9.10. The molecule has 0 bridgehead atoms. The number of urea groups is 1. The molecule has 0 spiro atoms. The van der Waals surface area contributed by atoms with Crippen molar-refractivity contribution in [1.29, 1.82) is 0 Å². The van der Waals surface area contributed by atoms with E-state index >= 15 is 0 Å². The number of nitrogens with one attached hydrogen (secondary N) is 1. The average Bonchev–Trinajstić information content (AvgIpc) is 2.33. The Balaban J connectivity index is 2.89. The first-order valence-corrected chi connectivity index (χ1v) is 7.57. The Hall–Kier alpha value is -1.56. The monoisotopic (exact) mass is 356 g/mol. The van der Waals surface area contributed by atoms with E-state index in [4.69, 9.17) is 5.11 Å². The van der Waals surface area contributed by atoms with Gasteiger partial charge in [-0.2, -0.15) is 0 Å². The number of halogens is 1. The second kappa shape index (κ2) is 7.45. The number of amides is 2. The minimum atomic E-state index is -0.913. The molecule has 1 rings (SSSR count). The fourth-order valence-electron chi connectivity index (χ4n) is 2.10. The maximum Gasteiger partial charge on any atom is 0.322 e. The summed E-state index contributed by atoms with van der Waals surface area (Å²) in [4.78, 5) is 24.6. The highest BCUT2D eigenvalue weighted by Gasteiger charge is 2.19. The number of aliphatic carboxylic acids is 1. The summed E-state index contributed by atoms with van der Waals surface area (Å²) in [5.41, 5.74) is 2.68. The Morgan fingerprint density at radius 1 is 1.29 bits per heavy atom. The van der Waals surface area contributed by atoms with Gasteiger partial charge in [-0.1, -0.05) is 15.9 Å². The Morgan fingerprint density at radius 2 is 1.81 bits per heavy atom. The van der Waals surface area contributed by atoms with E-state index < -0.39 is 5.97 Å². The van der Waals surface area contributed by atoms with E-state index in [1.807, 2.05) is 39.8 Å². The van der Waals surface area contributed by atoms with Crippen LogP contribution in [0.3, 0.4) is 0 Å². The topological polar surface area (TPSA) is 69.6 Å². The van der Waals surface area contributed by atoms with Gasteiger partial charge in [-0.3, -0.25) is 4.79 Å². The second-order valence-corrected chi connectivity index (χ2v) is 6.19. The number of aryl methyl sites for hydroxylation is 2. The molecule has 0 atom stereocenters. The number of rotatable bonds is 5. The summed E-state index contributed by atoms with van der Waals surface area (Å²) >= 11 is 3.42. The molecule has 0 saturated heterocycles. The van der Waals surface area contributed by atoms with Crippen LogP contribution in [-0.2, 0) is 4.79 Å². The van der Waals surface area contributed by atoms with E-state index in [1.165, 1.54) is 4.90 Å². The van der Waals surface area contributed by atoms with Crippen LogP contribution in [0.5, 0.6) is 0 Å². The van der Waals surface area contributed by atoms with Crippen molar-refractivity contribution in [3.05, 3.63) is 27.7 Å². The molecule has 1 aromatic carbocycles. The molecule has 5 nitrogen and oxygen atoms in total. The third kappa shape index (κ3) is 5.04. The predicted octanol–water partition coefficient (Wildman–Crippen LogP) is 3.78. The number of carboxylic acids is 1. The fraction of sp³-hybridized carbons (Fsp3) is 0.467. The molecule has 116 valence electrons. The van der Waals surface area contributed by atoms with Crippen molar-refractivity contribution in [1.82, 2.24) is 4.90 Å².